The van der Waals surface area contributed by atoms with E-state index in [-0.39, 0.29) is 0 Å². The van der Waals surface area contributed by atoms with Crippen molar-refractivity contribution in [3.05, 3.63) is 12.7 Å². The molecule has 0 aliphatic heterocycles. The summed E-state index contributed by atoms with van der Waals surface area (Å²) in [6.45, 7) is 11.7. The molecule has 0 aliphatic carbocycles. The van der Waals surface area contributed by atoms with Gasteiger partial charge in [0.25, 0.3) is 0 Å². The minimum atomic E-state index is 0.736. The minimum absolute atomic E-state index is 0.736. The zero-order valence-corrected chi connectivity index (χ0v) is 13.3. The first-order valence-electron chi connectivity index (χ1n) is 7.36. The van der Waals surface area contributed by atoms with Gasteiger partial charge in [0.2, 0.25) is 0 Å². The predicted octanol–water partition coefficient (Wildman–Crippen LogP) is 4.74. The average molecular weight is 257 g/mol. The lowest BCUT2D eigenvalue weighted by molar-refractivity contribution is -0.106. The molecule has 0 aromatic heterocycles. The first-order valence-corrected chi connectivity index (χ1v) is 7.36. The Bertz CT molecular complexity index is 137. The molecule has 0 aliphatic rings. The Hall–Kier alpha value is -0.630. The van der Waals surface area contributed by atoms with Crippen LogP contribution in [0.3, 0.4) is 0 Å². The second-order valence-corrected chi connectivity index (χ2v) is 4.18. The van der Waals surface area contributed by atoms with Gasteiger partial charge in [0, 0.05) is 6.04 Å². The number of hydrogen-bond acceptors (Lipinski definition) is 2. The van der Waals surface area contributed by atoms with E-state index >= 15 is 0 Å². The molecule has 0 spiro atoms. The van der Waals surface area contributed by atoms with Crippen LogP contribution in [-0.2, 0) is 4.79 Å². The Labute approximate surface area is 115 Å². The van der Waals surface area contributed by atoms with Crippen molar-refractivity contribution >= 4 is 6.29 Å². The van der Waals surface area contributed by atoms with Crippen LogP contribution in [0.4, 0.5) is 0 Å². The van der Waals surface area contributed by atoms with Crippen molar-refractivity contribution in [2.24, 2.45) is 0 Å². The summed E-state index contributed by atoms with van der Waals surface area (Å²) in [6.07, 6.45) is 11.8. The van der Waals surface area contributed by atoms with Crippen LogP contribution in [0.2, 0.25) is 0 Å². The summed E-state index contributed by atoms with van der Waals surface area (Å²) in [7, 11) is 2.01. The molecule has 0 radical (unpaired) electrons. The van der Waals surface area contributed by atoms with Crippen LogP contribution in [0.5, 0.6) is 0 Å². The van der Waals surface area contributed by atoms with E-state index in [1.165, 1.54) is 51.9 Å². The van der Waals surface area contributed by atoms with Gasteiger partial charge in [-0.15, -0.1) is 6.58 Å². The standard InChI is InChI=1S/C8H16.C6H15N.C2H4O/c1-3-5-7-8-6-4-2;1-4-6(5-2)7-3;1-2-3/h3H,1,4-8H2,2H3;6-7H,4-5H2,1-3H3;2H,1H3. The predicted molar refractivity (Wildman–Crippen MR) is 84.1 cm³/mol. The summed E-state index contributed by atoms with van der Waals surface area (Å²) >= 11 is 0. The van der Waals surface area contributed by atoms with Gasteiger partial charge in [-0.1, -0.05) is 46.1 Å². The van der Waals surface area contributed by atoms with Crippen LogP contribution in [0.25, 0.3) is 0 Å². The summed E-state index contributed by atoms with van der Waals surface area (Å²) in [5.74, 6) is 0. The lowest BCUT2D eigenvalue weighted by atomic mass is 10.2. The van der Waals surface area contributed by atoms with Gasteiger partial charge in [-0.05, 0) is 39.7 Å². The van der Waals surface area contributed by atoms with Crippen molar-refractivity contribution in [2.45, 2.75) is 78.7 Å². The van der Waals surface area contributed by atoms with Crippen molar-refractivity contribution in [1.82, 2.24) is 5.32 Å². The maximum absolute atomic E-state index is 8.81. The number of aldehydes is 1. The Balaban J connectivity index is -0.000000207. The number of rotatable bonds is 8. The van der Waals surface area contributed by atoms with Gasteiger partial charge in [-0.3, -0.25) is 0 Å². The summed E-state index contributed by atoms with van der Waals surface area (Å²) in [4.78, 5) is 8.81. The number of hydrogen-bond donors (Lipinski definition) is 1. The Morgan fingerprint density at radius 3 is 1.83 bits per heavy atom. The van der Waals surface area contributed by atoms with Crippen LogP contribution in [0.1, 0.15) is 72.6 Å². The van der Waals surface area contributed by atoms with Crippen molar-refractivity contribution < 1.29 is 4.79 Å². The van der Waals surface area contributed by atoms with Gasteiger partial charge in [0.1, 0.15) is 6.29 Å². The van der Waals surface area contributed by atoms with E-state index in [1.54, 1.807) is 0 Å². The molecule has 0 atom stereocenters. The molecule has 1 N–H and O–H groups in total. The van der Waals surface area contributed by atoms with Gasteiger partial charge in [0.15, 0.2) is 0 Å². The highest BCUT2D eigenvalue weighted by atomic mass is 16.1. The van der Waals surface area contributed by atoms with Gasteiger partial charge in [0.05, 0.1) is 0 Å². The van der Waals surface area contributed by atoms with Crippen molar-refractivity contribution in [3.63, 3.8) is 0 Å². The topological polar surface area (TPSA) is 29.1 Å². The number of unbranched alkanes of at least 4 members (excludes halogenated alkanes) is 4. The van der Waals surface area contributed by atoms with Crippen molar-refractivity contribution in [2.75, 3.05) is 7.05 Å². The second kappa shape index (κ2) is 25.3. The zero-order chi connectivity index (χ0) is 14.6. The number of allylic oxidation sites excluding steroid dienone is 1. The molecule has 0 bridgehead atoms. The highest BCUT2D eigenvalue weighted by molar-refractivity contribution is 5.44. The van der Waals surface area contributed by atoms with Crippen LogP contribution >= 0.6 is 0 Å². The van der Waals surface area contributed by atoms with E-state index < -0.39 is 0 Å². The normalized spacial score (nSPS) is 8.78. The van der Waals surface area contributed by atoms with Crippen LogP contribution < -0.4 is 5.32 Å². The third-order valence-electron chi connectivity index (χ3n) is 2.66. The lowest BCUT2D eigenvalue weighted by Gasteiger charge is -2.08. The monoisotopic (exact) mass is 257 g/mol. The molecule has 0 saturated carbocycles. The molecule has 0 saturated heterocycles. The quantitative estimate of drug-likeness (QED) is 0.386. The van der Waals surface area contributed by atoms with E-state index in [9.17, 15) is 0 Å². The third-order valence-corrected chi connectivity index (χ3v) is 2.66. The summed E-state index contributed by atoms with van der Waals surface area (Å²) in [5.41, 5.74) is 0. The number of carbonyl (C=O) groups is 1. The van der Waals surface area contributed by atoms with E-state index in [0.29, 0.717) is 0 Å². The molecular weight excluding hydrogens is 222 g/mol. The number of nitrogens with one attached hydrogen (secondary N) is 1. The molecule has 2 heteroatoms. The third kappa shape index (κ3) is 29.5. The van der Waals surface area contributed by atoms with Gasteiger partial charge in [-0.25, -0.2) is 0 Å². The van der Waals surface area contributed by atoms with Crippen LogP contribution in [-0.4, -0.2) is 19.4 Å². The molecule has 2 nitrogen and oxygen atoms in total. The molecular formula is C16H35NO. The molecule has 0 aromatic rings. The van der Waals surface area contributed by atoms with Crippen molar-refractivity contribution in [3.8, 4) is 0 Å². The van der Waals surface area contributed by atoms with Crippen molar-refractivity contribution in [1.29, 1.82) is 0 Å². The summed E-state index contributed by atoms with van der Waals surface area (Å²) in [5, 5.41) is 3.20. The summed E-state index contributed by atoms with van der Waals surface area (Å²) in [6, 6.07) is 0.736. The van der Waals surface area contributed by atoms with E-state index in [1.807, 2.05) is 13.1 Å². The maximum Gasteiger partial charge on any atom is 0.116 e. The average Bonchev–Trinajstić information content (AvgIpc) is 2.39. The Morgan fingerprint density at radius 2 is 1.61 bits per heavy atom. The molecule has 0 heterocycles. The summed E-state index contributed by atoms with van der Waals surface area (Å²) < 4.78 is 0. The SMILES string of the molecule is C=CCCCCCC.CC=O.CCC(CC)NC. The Morgan fingerprint density at radius 1 is 1.11 bits per heavy atom. The zero-order valence-electron chi connectivity index (χ0n) is 13.3. The lowest BCUT2D eigenvalue weighted by Crippen LogP contribution is -2.22. The molecule has 18 heavy (non-hydrogen) atoms. The fraction of sp³-hybridized carbons (Fsp3) is 0.812. The molecule has 0 aromatic carbocycles. The first-order chi connectivity index (χ1) is 8.67. The van der Waals surface area contributed by atoms with E-state index in [4.69, 9.17) is 4.79 Å². The maximum atomic E-state index is 8.81. The second-order valence-electron chi connectivity index (χ2n) is 4.18. The molecule has 0 amide bonds. The molecule has 110 valence electrons. The van der Waals surface area contributed by atoms with Gasteiger partial charge >= 0.3 is 0 Å². The molecule has 0 rings (SSSR count). The van der Waals surface area contributed by atoms with Crippen LogP contribution in [0.15, 0.2) is 12.7 Å². The number of carbonyl (C=O) groups excluding carboxylic acids is 1. The van der Waals surface area contributed by atoms with Crippen LogP contribution in [0, 0.1) is 0 Å². The fourth-order valence-electron chi connectivity index (χ4n) is 1.41. The molecule has 0 unspecified atom stereocenters. The highest BCUT2D eigenvalue weighted by Crippen LogP contribution is 2.01. The van der Waals surface area contributed by atoms with E-state index in [0.717, 1.165) is 12.3 Å². The fourth-order valence-corrected chi connectivity index (χ4v) is 1.41. The first kappa shape index (κ1) is 22.5. The van der Waals surface area contributed by atoms with E-state index in [2.05, 4.69) is 32.7 Å². The van der Waals surface area contributed by atoms with Gasteiger partial charge < -0.3 is 10.1 Å². The largest absolute Gasteiger partial charge is 0.317 e. The van der Waals surface area contributed by atoms with Gasteiger partial charge in [-0.2, -0.15) is 0 Å². The smallest absolute Gasteiger partial charge is 0.116 e. The Kier molecular flexibility index (Phi) is 31.6. The highest BCUT2D eigenvalue weighted by Gasteiger charge is 1.94. The molecule has 0 fully saturated rings. The minimum Gasteiger partial charge on any atom is -0.317 e.